The van der Waals surface area contributed by atoms with Gasteiger partial charge in [-0.15, -0.1) is 0 Å². The van der Waals surface area contributed by atoms with Gasteiger partial charge in [0.15, 0.2) is 5.82 Å². The molecule has 6 nitrogen and oxygen atoms in total. The summed E-state index contributed by atoms with van der Waals surface area (Å²) in [5.74, 6) is 1.28. The minimum Gasteiger partial charge on any atom is -0.489 e. The first-order valence-corrected chi connectivity index (χ1v) is 8.48. The second kappa shape index (κ2) is 7.29. The standard InChI is InChI=1S/C21H17N3O3/c1-14-20(21(25)24-19-12-22-9-10-23-19)17-11-16(7-8-18(17)27-14)26-13-15-5-3-2-4-6-15/h2-12H,13H2,1H3,(H,23,24,25). The second-order valence-electron chi connectivity index (χ2n) is 6.01. The number of aryl methyl sites for hydroxylation is 1. The minimum absolute atomic E-state index is 0.299. The number of aromatic nitrogens is 2. The van der Waals surface area contributed by atoms with Gasteiger partial charge in [0.25, 0.3) is 5.91 Å². The van der Waals surface area contributed by atoms with Crippen molar-refractivity contribution in [2.75, 3.05) is 5.32 Å². The number of furan rings is 1. The lowest BCUT2D eigenvalue weighted by molar-refractivity contribution is 0.102. The average molecular weight is 359 g/mol. The smallest absolute Gasteiger partial charge is 0.261 e. The molecule has 0 radical (unpaired) electrons. The van der Waals surface area contributed by atoms with Crippen molar-refractivity contribution in [2.45, 2.75) is 13.5 Å². The number of nitrogens with zero attached hydrogens (tertiary/aromatic N) is 2. The zero-order valence-electron chi connectivity index (χ0n) is 14.7. The number of anilines is 1. The molecule has 0 fully saturated rings. The molecule has 6 heteroatoms. The van der Waals surface area contributed by atoms with Crippen LogP contribution in [0.25, 0.3) is 11.0 Å². The number of rotatable bonds is 5. The van der Waals surface area contributed by atoms with Gasteiger partial charge in [0.2, 0.25) is 0 Å². The number of benzene rings is 2. The van der Waals surface area contributed by atoms with Crippen LogP contribution in [0.5, 0.6) is 5.75 Å². The molecular formula is C21H17N3O3. The zero-order chi connectivity index (χ0) is 18.6. The largest absolute Gasteiger partial charge is 0.489 e. The van der Waals surface area contributed by atoms with Crippen molar-refractivity contribution in [3.05, 3.63) is 84.0 Å². The predicted octanol–water partition coefficient (Wildman–Crippen LogP) is 4.36. The lowest BCUT2D eigenvalue weighted by Gasteiger charge is -2.07. The van der Waals surface area contributed by atoms with Crippen LogP contribution in [0.15, 0.2) is 71.5 Å². The molecular weight excluding hydrogens is 342 g/mol. The highest BCUT2D eigenvalue weighted by molar-refractivity contribution is 6.13. The molecule has 0 aliphatic rings. The highest BCUT2D eigenvalue weighted by Gasteiger charge is 2.19. The van der Waals surface area contributed by atoms with Crippen molar-refractivity contribution in [3.8, 4) is 5.75 Å². The maximum absolute atomic E-state index is 12.7. The van der Waals surface area contributed by atoms with Crippen LogP contribution in [-0.2, 0) is 6.61 Å². The van der Waals surface area contributed by atoms with Gasteiger partial charge in [-0.3, -0.25) is 9.78 Å². The Balaban J connectivity index is 1.60. The van der Waals surface area contributed by atoms with E-state index in [-0.39, 0.29) is 5.91 Å². The molecule has 4 aromatic rings. The monoisotopic (exact) mass is 359 g/mol. The number of amides is 1. The third kappa shape index (κ3) is 3.64. The molecule has 0 spiro atoms. The van der Waals surface area contributed by atoms with Crippen molar-refractivity contribution in [1.29, 1.82) is 0 Å². The van der Waals surface area contributed by atoms with Crippen molar-refractivity contribution in [3.63, 3.8) is 0 Å². The third-order valence-electron chi connectivity index (χ3n) is 4.12. The van der Waals surface area contributed by atoms with E-state index in [1.54, 1.807) is 13.1 Å². The van der Waals surface area contributed by atoms with Crippen LogP contribution in [0.4, 0.5) is 5.82 Å². The van der Waals surface area contributed by atoms with E-state index in [9.17, 15) is 4.79 Å². The number of carbonyl (C=O) groups excluding carboxylic acids is 1. The molecule has 134 valence electrons. The molecule has 1 amide bonds. The summed E-state index contributed by atoms with van der Waals surface area (Å²) in [6.45, 7) is 2.21. The first kappa shape index (κ1) is 16.8. The summed E-state index contributed by atoms with van der Waals surface area (Å²) < 4.78 is 11.6. The molecule has 2 aromatic carbocycles. The van der Waals surface area contributed by atoms with Crippen LogP contribution in [0.1, 0.15) is 21.7 Å². The van der Waals surface area contributed by atoms with E-state index in [0.29, 0.717) is 40.5 Å². The summed E-state index contributed by atoms with van der Waals surface area (Å²) in [4.78, 5) is 20.7. The summed E-state index contributed by atoms with van der Waals surface area (Å²) in [6.07, 6.45) is 4.56. The Labute approximate surface area is 155 Å². The number of fused-ring (bicyclic) bond motifs is 1. The molecule has 0 saturated heterocycles. The number of carbonyl (C=O) groups is 1. The topological polar surface area (TPSA) is 77.2 Å². The molecule has 0 saturated carbocycles. The van der Waals surface area contributed by atoms with Gasteiger partial charge < -0.3 is 14.5 Å². The Hall–Kier alpha value is -3.67. The number of ether oxygens (including phenoxy) is 1. The summed E-state index contributed by atoms with van der Waals surface area (Å²) in [5.41, 5.74) is 2.16. The SMILES string of the molecule is Cc1oc2ccc(OCc3ccccc3)cc2c1C(=O)Nc1cnccn1. The Morgan fingerprint density at radius 3 is 2.78 bits per heavy atom. The summed E-state index contributed by atoms with van der Waals surface area (Å²) in [6, 6.07) is 15.4. The Bertz CT molecular complexity index is 1080. The van der Waals surface area contributed by atoms with Gasteiger partial charge in [-0.05, 0) is 30.7 Å². The fourth-order valence-corrected chi connectivity index (χ4v) is 2.85. The van der Waals surface area contributed by atoms with Crippen LogP contribution >= 0.6 is 0 Å². The zero-order valence-corrected chi connectivity index (χ0v) is 14.7. The Morgan fingerprint density at radius 1 is 1.15 bits per heavy atom. The number of hydrogen-bond donors (Lipinski definition) is 1. The second-order valence-corrected chi connectivity index (χ2v) is 6.01. The van der Waals surface area contributed by atoms with Gasteiger partial charge in [0, 0.05) is 17.8 Å². The van der Waals surface area contributed by atoms with E-state index in [0.717, 1.165) is 5.56 Å². The van der Waals surface area contributed by atoms with Crippen LogP contribution in [-0.4, -0.2) is 15.9 Å². The maximum atomic E-state index is 12.7. The Morgan fingerprint density at radius 2 is 2.00 bits per heavy atom. The summed E-state index contributed by atoms with van der Waals surface area (Å²) in [5, 5.41) is 3.44. The molecule has 0 aliphatic carbocycles. The quantitative estimate of drug-likeness (QED) is 0.573. The number of nitrogens with one attached hydrogen (secondary N) is 1. The Kier molecular flexibility index (Phi) is 4.53. The van der Waals surface area contributed by atoms with Gasteiger partial charge in [-0.2, -0.15) is 0 Å². The minimum atomic E-state index is -0.299. The summed E-state index contributed by atoms with van der Waals surface area (Å²) in [7, 11) is 0. The van der Waals surface area contributed by atoms with Crippen LogP contribution in [0.2, 0.25) is 0 Å². The molecule has 2 heterocycles. The van der Waals surface area contributed by atoms with Gasteiger partial charge in [-0.1, -0.05) is 30.3 Å². The summed E-state index contributed by atoms with van der Waals surface area (Å²) >= 11 is 0. The fourth-order valence-electron chi connectivity index (χ4n) is 2.85. The molecule has 0 bridgehead atoms. The first-order valence-electron chi connectivity index (χ1n) is 8.48. The molecule has 0 aliphatic heterocycles. The lowest BCUT2D eigenvalue weighted by atomic mass is 10.1. The molecule has 0 atom stereocenters. The molecule has 1 N–H and O–H groups in total. The normalized spacial score (nSPS) is 10.7. The molecule has 0 unspecified atom stereocenters. The van der Waals surface area contributed by atoms with Gasteiger partial charge in [-0.25, -0.2) is 4.98 Å². The third-order valence-corrected chi connectivity index (χ3v) is 4.12. The van der Waals surface area contributed by atoms with Crippen molar-refractivity contribution in [1.82, 2.24) is 9.97 Å². The molecule has 27 heavy (non-hydrogen) atoms. The fraction of sp³-hybridized carbons (Fsp3) is 0.0952. The van der Waals surface area contributed by atoms with Crippen molar-refractivity contribution >= 4 is 22.7 Å². The first-order chi connectivity index (χ1) is 13.2. The highest BCUT2D eigenvalue weighted by Crippen LogP contribution is 2.30. The van der Waals surface area contributed by atoms with E-state index in [1.165, 1.54) is 12.4 Å². The van der Waals surface area contributed by atoms with Crippen LogP contribution < -0.4 is 10.1 Å². The van der Waals surface area contributed by atoms with Crippen LogP contribution in [0, 0.1) is 6.92 Å². The number of hydrogen-bond acceptors (Lipinski definition) is 5. The highest BCUT2D eigenvalue weighted by atomic mass is 16.5. The van der Waals surface area contributed by atoms with Crippen molar-refractivity contribution < 1.29 is 13.9 Å². The van der Waals surface area contributed by atoms with E-state index < -0.39 is 0 Å². The van der Waals surface area contributed by atoms with Gasteiger partial charge in [0.1, 0.15) is 23.7 Å². The average Bonchev–Trinajstić information content (AvgIpc) is 3.03. The maximum Gasteiger partial charge on any atom is 0.261 e. The molecule has 4 rings (SSSR count). The van der Waals surface area contributed by atoms with Crippen molar-refractivity contribution in [2.24, 2.45) is 0 Å². The van der Waals surface area contributed by atoms with E-state index in [2.05, 4.69) is 15.3 Å². The van der Waals surface area contributed by atoms with E-state index in [1.807, 2.05) is 48.5 Å². The predicted molar refractivity (Wildman–Crippen MR) is 102 cm³/mol. The molecule has 2 aromatic heterocycles. The lowest BCUT2D eigenvalue weighted by Crippen LogP contribution is -2.13. The van der Waals surface area contributed by atoms with Gasteiger partial charge in [0.05, 0.1) is 11.8 Å². The van der Waals surface area contributed by atoms with E-state index in [4.69, 9.17) is 9.15 Å². The van der Waals surface area contributed by atoms with Crippen LogP contribution in [0.3, 0.4) is 0 Å². The van der Waals surface area contributed by atoms with Gasteiger partial charge >= 0.3 is 0 Å². The van der Waals surface area contributed by atoms with E-state index >= 15 is 0 Å².